The average Bonchev–Trinajstić information content (AvgIpc) is 3.01. The Bertz CT molecular complexity index is 1260. The van der Waals surface area contributed by atoms with Crippen molar-refractivity contribution in [3.63, 3.8) is 0 Å². The Balaban J connectivity index is 1.87. The lowest BCUT2D eigenvalue weighted by molar-refractivity contribution is -0.114. The monoisotopic (exact) mass is 466 g/mol. The molecule has 0 saturated heterocycles. The topological polar surface area (TPSA) is 91.7 Å². The molecule has 0 saturated carbocycles. The molecule has 166 valence electrons. The van der Waals surface area contributed by atoms with E-state index in [0.717, 1.165) is 37.6 Å². The van der Waals surface area contributed by atoms with Crippen LogP contribution in [0.5, 0.6) is 0 Å². The maximum absolute atomic E-state index is 13.3. The zero-order valence-electron chi connectivity index (χ0n) is 17.5. The van der Waals surface area contributed by atoms with Gasteiger partial charge in [-0.15, -0.1) is 0 Å². The Hall–Kier alpha value is -2.76. The van der Waals surface area contributed by atoms with Crippen LogP contribution in [0.4, 0.5) is 15.8 Å². The molecule has 0 bridgehead atoms. The summed E-state index contributed by atoms with van der Waals surface area (Å²) in [6, 6.07) is 9.93. The average molecular weight is 467 g/mol. The van der Waals surface area contributed by atoms with Crippen LogP contribution in [0, 0.1) is 5.82 Å². The van der Waals surface area contributed by atoms with Gasteiger partial charge in [0.05, 0.1) is 15.9 Å². The molecule has 0 aliphatic heterocycles. The van der Waals surface area contributed by atoms with Gasteiger partial charge in [0.25, 0.3) is 0 Å². The fourth-order valence-electron chi connectivity index (χ4n) is 3.04. The number of nitrogens with zero attached hydrogens (tertiary/aromatic N) is 3. The number of fused-ring (bicyclic) bond motifs is 1. The number of nitrogens with one attached hydrogen (secondary N) is 1. The molecule has 3 aromatic rings. The highest BCUT2D eigenvalue weighted by atomic mass is 32.2. The largest absolute Gasteiger partial charge is 0.324 e. The Morgan fingerprint density at radius 2 is 1.81 bits per heavy atom. The second kappa shape index (κ2) is 8.77. The number of amides is 1. The first-order valence-corrected chi connectivity index (χ1v) is 11.6. The molecule has 1 aromatic heterocycles. The molecule has 0 fully saturated rings. The molecule has 3 rings (SSSR count). The Morgan fingerprint density at radius 1 is 1.16 bits per heavy atom. The third kappa shape index (κ3) is 4.78. The molecule has 0 aliphatic carbocycles. The lowest BCUT2D eigenvalue weighted by Gasteiger charge is -2.26. The van der Waals surface area contributed by atoms with Gasteiger partial charge < -0.3 is 5.32 Å². The fourth-order valence-corrected chi connectivity index (χ4v) is 5.16. The van der Waals surface area contributed by atoms with Crippen LogP contribution in [0.3, 0.4) is 0 Å². The maximum Gasteiger partial charge on any atom is 0.308 e. The van der Waals surface area contributed by atoms with Crippen LogP contribution in [0.15, 0.2) is 47.3 Å². The van der Waals surface area contributed by atoms with Gasteiger partial charge in [0.1, 0.15) is 12.4 Å². The number of anilines is 2. The van der Waals surface area contributed by atoms with E-state index in [0.29, 0.717) is 10.4 Å². The third-order valence-electron chi connectivity index (χ3n) is 4.56. The van der Waals surface area contributed by atoms with Crippen molar-refractivity contribution < 1.29 is 17.6 Å². The molecular formula is C20H23FN4O4S2. The highest BCUT2D eigenvalue weighted by Gasteiger charge is 2.27. The second-order valence-electron chi connectivity index (χ2n) is 7.34. The van der Waals surface area contributed by atoms with E-state index in [1.165, 1.54) is 26.2 Å². The number of halogens is 1. The Morgan fingerprint density at radius 3 is 2.39 bits per heavy atom. The number of carbonyl (C=O) groups excluding carboxylic acids is 1. The van der Waals surface area contributed by atoms with Crippen molar-refractivity contribution in [2.24, 2.45) is 0 Å². The van der Waals surface area contributed by atoms with E-state index < -0.39 is 28.5 Å². The minimum Gasteiger partial charge on any atom is -0.324 e. The molecule has 11 heteroatoms. The fraction of sp³-hybridized carbons (Fsp3) is 0.300. The lowest BCUT2D eigenvalue weighted by Crippen LogP contribution is -2.44. The number of thiazole rings is 1. The maximum atomic E-state index is 13.3. The predicted molar refractivity (Wildman–Crippen MR) is 121 cm³/mol. The second-order valence-corrected chi connectivity index (χ2v) is 10.4. The molecule has 1 N–H and O–H groups in total. The molecule has 0 aliphatic rings. The van der Waals surface area contributed by atoms with Crippen LogP contribution in [0.1, 0.15) is 19.9 Å². The van der Waals surface area contributed by atoms with Gasteiger partial charge in [-0.1, -0.05) is 11.3 Å². The standard InChI is InChI=1S/C20H23FN4O4S2/c1-13(2)25-17-10-7-15(11-18(17)30-20(25)27)22-19(26)12-24(31(28,29)23(3)4)16-8-5-14(21)6-9-16/h5-11,13H,12H2,1-4H3,(H,22,26). The predicted octanol–water partition coefficient (Wildman–Crippen LogP) is 3.03. The Labute approximate surface area is 183 Å². The molecule has 1 heterocycles. The van der Waals surface area contributed by atoms with Gasteiger partial charge in [-0.3, -0.25) is 14.2 Å². The summed E-state index contributed by atoms with van der Waals surface area (Å²) in [6.07, 6.45) is 0. The summed E-state index contributed by atoms with van der Waals surface area (Å²) in [4.78, 5) is 24.8. The number of hydrogen-bond acceptors (Lipinski definition) is 5. The smallest absolute Gasteiger partial charge is 0.308 e. The van der Waals surface area contributed by atoms with Crippen molar-refractivity contribution in [1.29, 1.82) is 0 Å². The third-order valence-corrected chi connectivity index (χ3v) is 7.29. The molecule has 0 unspecified atom stereocenters. The molecular weight excluding hydrogens is 443 g/mol. The summed E-state index contributed by atoms with van der Waals surface area (Å²) < 4.78 is 43.0. The van der Waals surface area contributed by atoms with Crippen molar-refractivity contribution in [2.75, 3.05) is 30.3 Å². The first-order valence-electron chi connectivity index (χ1n) is 9.41. The zero-order valence-corrected chi connectivity index (χ0v) is 19.1. The van der Waals surface area contributed by atoms with Gasteiger partial charge in [0.15, 0.2) is 0 Å². The quantitative estimate of drug-likeness (QED) is 0.579. The van der Waals surface area contributed by atoms with Crippen LogP contribution in [-0.4, -0.2) is 43.8 Å². The van der Waals surface area contributed by atoms with Crippen molar-refractivity contribution >= 4 is 49.0 Å². The lowest BCUT2D eigenvalue weighted by atomic mass is 10.2. The number of carbonyl (C=O) groups is 1. The number of aromatic nitrogens is 1. The Kier molecular flexibility index (Phi) is 6.48. The van der Waals surface area contributed by atoms with Gasteiger partial charge in [-0.05, 0) is 56.3 Å². The minimum absolute atomic E-state index is 0.00204. The van der Waals surface area contributed by atoms with Gasteiger partial charge in [-0.25, -0.2) is 8.70 Å². The first kappa shape index (κ1) is 22.9. The van der Waals surface area contributed by atoms with Crippen molar-refractivity contribution in [3.8, 4) is 0 Å². The summed E-state index contributed by atoms with van der Waals surface area (Å²) in [7, 11) is -1.31. The van der Waals surface area contributed by atoms with E-state index in [-0.39, 0.29) is 16.6 Å². The molecule has 31 heavy (non-hydrogen) atoms. The van der Waals surface area contributed by atoms with E-state index >= 15 is 0 Å². The molecule has 8 nitrogen and oxygen atoms in total. The molecule has 1 amide bonds. The SMILES string of the molecule is CC(C)n1c(=O)sc2cc(NC(=O)CN(c3ccc(F)cc3)S(=O)(=O)N(C)C)ccc21. The van der Waals surface area contributed by atoms with E-state index in [1.54, 1.807) is 22.8 Å². The van der Waals surface area contributed by atoms with Crippen molar-refractivity contribution in [1.82, 2.24) is 8.87 Å². The number of benzene rings is 2. The van der Waals surface area contributed by atoms with E-state index in [9.17, 15) is 22.4 Å². The van der Waals surface area contributed by atoms with Crippen molar-refractivity contribution in [2.45, 2.75) is 19.9 Å². The number of hydrogen-bond donors (Lipinski definition) is 1. The minimum atomic E-state index is -4.00. The van der Waals surface area contributed by atoms with Crippen LogP contribution in [0.25, 0.3) is 10.2 Å². The van der Waals surface area contributed by atoms with E-state index in [4.69, 9.17) is 0 Å². The summed E-state index contributed by atoms with van der Waals surface area (Å²) in [5.74, 6) is -1.10. The number of rotatable bonds is 7. The normalized spacial score (nSPS) is 12.0. The highest BCUT2D eigenvalue weighted by molar-refractivity contribution is 7.90. The molecule has 0 spiro atoms. The summed E-state index contributed by atoms with van der Waals surface area (Å²) in [6.45, 7) is 3.32. The van der Waals surface area contributed by atoms with Crippen LogP contribution in [0.2, 0.25) is 0 Å². The van der Waals surface area contributed by atoms with Gasteiger partial charge in [0.2, 0.25) is 5.91 Å². The zero-order chi connectivity index (χ0) is 22.9. The summed E-state index contributed by atoms with van der Waals surface area (Å²) >= 11 is 1.08. The highest BCUT2D eigenvalue weighted by Crippen LogP contribution is 2.25. The van der Waals surface area contributed by atoms with Crippen LogP contribution < -0.4 is 14.5 Å². The van der Waals surface area contributed by atoms with Gasteiger partial charge in [-0.2, -0.15) is 12.7 Å². The van der Waals surface area contributed by atoms with E-state index in [1.807, 2.05) is 13.8 Å². The summed E-state index contributed by atoms with van der Waals surface area (Å²) in [5.41, 5.74) is 1.37. The molecule has 0 atom stereocenters. The van der Waals surface area contributed by atoms with Crippen LogP contribution >= 0.6 is 11.3 Å². The first-order chi connectivity index (χ1) is 14.5. The van der Waals surface area contributed by atoms with Gasteiger partial charge >= 0.3 is 15.1 Å². The van der Waals surface area contributed by atoms with Crippen LogP contribution in [-0.2, 0) is 15.0 Å². The molecule has 0 radical (unpaired) electrons. The van der Waals surface area contributed by atoms with E-state index in [2.05, 4.69) is 5.32 Å². The summed E-state index contributed by atoms with van der Waals surface area (Å²) in [5, 5.41) is 2.67. The van der Waals surface area contributed by atoms with Gasteiger partial charge in [0, 0.05) is 25.8 Å². The molecule has 2 aromatic carbocycles. The van der Waals surface area contributed by atoms with Crippen molar-refractivity contribution in [3.05, 3.63) is 57.9 Å².